The summed E-state index contributed by atoms with van der Waals surface area (Å²) in [7, 11) is 0. The van der Waals surface area contributed by atoms with Gasteiger partial charge >= 0.3 is 0 Å². The van der Waals surface area contributed by atoms with Crippen LogP contribution in [0, 0.1) is 32.1 Å². The standard InChI is InChI=1S/C21H22N2O/c1-14-10-15(2)20(16(3)11-14)12-19(13-22)21(24)23-17(4)18-8-6-5-7-9-18/h5-12,17H,1-4H3,(H,23,24)/b19-12-/t17-/m1/s1. The van der Waals surface area contributed by atoms with Gasteiger partial charge in [0.15, 0.2) is 0 Å². The summed E-state index contributed by atoms with van der Waals surface area (Å²) in [4.78, 5) is 12.5. The summed E-state index contributed by atoms with van der Waals surface area (Å²) in [5.41, 5.74) is 5.34. The van der Waals surface area contributed by atoms with Gasteiger partial charge in [0.2, 0.25) is 0 Å². The lowest BCUT2D eigenvalue weighted by molar-refractivity contribution is -0.117. The second kappa shape index (κ2) is 7.61. The van der Waals surface area contributed by atoms with Gasteiger partial charge in [-0.1, -0.05) is 48.0 Å². The molecule has 0 heterocycles. The van der Waals surface area contributed by atoms with Gasteiger partial charge in [-0.05, 0) is 56.0 Å². The number of carbonyl (C=O) groups is 1. The molecule has 2 aromatic carbocycles. The zero-order valence-electron chi connectivity index (χ0n) is 14.6. The number of rotatable bonds is 4. The smallest absolute Gasteiger partial charge is 0.262 e. The Labute approximate surface area is 143 Å². The van der Waals surface area contributed by atoms with Crippen LogP contribution in [0.2, 0.25) is 0 Å². The number of hydrogen-bond donors (Lipinski definition) is 1. The Hall–Kier alpha value is -2.86. The van der Waals surface area contributed by atoms with E-state index in [1.165, 1.54) is 5.56 Å². The third kappa shape index (κ3) is 4.11. The number of nitrogens with zero attached hydrogens (tertiary/aromatic N) is 1. The predicted octanol–water partition coefficient (Wildman–Crippen LogP) is 4.40. The normalized spacial score (nSPS) is 12.4. The largest absolute Gasteiger partial charge is 0.345 e. The van der Waals surface area contributed by atoms with Crippen LogP contribution in [0.5, 0.6) is 0 Å². The fourth-order valence-electron chi connectivity index (χ4n) is 2.81. The lowest BCUT2D eigenvalue weighted by Crippen LogP contribution is -2.27. The summed E-state index contributed by atoms with van der Waals surface area (Å²) in [5, 5.41) is 12.3. The molecule has 0 aliphatic heterocycles. The Morgan fingerprint density at radius 3 is 2.25 bits per heavy atom. The van der Waals surface area contributed by atoms with E-state index in [2.05, 4.69) is 17.4 Å². The van der Waals surface area contributed by atoms with E-state index in [1.54, 1.807) is 6.08 Å². The minimum Gasteiger partial charge on any atom is -0.345 e. The molecule has 1 amide bonds. The molecule has 0 unspecified atom stereocenters. The van der Waals surface area contributed by atoms with Gasteiger partial charge in [0.05, 0.1) is 6.04 Å². The van der Waals surface area contributed by atoms with Gasteiger partial charge in [-0.25, -0.2) is 0 Å². The number of amides is 1. The van der Waals surface area contributed by atoms with Crippen LogP contribution < -0.4 is 5.32 Å². The average molecular weight is 318 g/mol. The van der Waals surface area contributed by atoms with Gasteiger partial charge in [-0.15, -0.1) is 0 Å². The van der Waals surface area contributed by atoms with Crippen molar-refractivity contribution in [2.75, 3.05) is 0 Å². The first kappa shape index (κ1) is 17.5. The van der Waals surface area contributed by atoms with E-state index >= 15 is 0 Å². The highest BCUT2D eigenvalue weighted by Gasteiger charge is 2.14. The molecule has 3 nitrogen and oxygen atoms in total. The fraction of sp³-hybridized carbons (Fsp3) is 0.238. The molecule has 122 valence electrons. The van der Waals surface area contributed by atoms with E-state index < -0.39 is 0 Å². The van der Waals surface area contributed by atoms with Crippen LogP contribution in [0.25, 0.3) is 6.08 Å². The minimum absolute atomic E-state index is 0.118. The number of hydrogen-bond acceptors (Lipinski definition) is 2. The molecule has 2 rings (SSSR count). The molecule has 0 aliphatic rings. The number of carbonyl (C=O) groups excluding carboxylic acids is 1. The van der Waals surface area contributed by atoms with Gasteiger partial charge in [-0.2, -0.15) is 5.26 Å². The third-order valence-electron chi connectivity index (χ3n) is 4.04. The van der Waals surface area contributed by atoms with Crippen LogP contribution in [-0.4, -0.2) is 5.91 Å². The molecule has 1 N–H and O–H groups in total. The Bertz CT molecular complexity index is 790. The first-order valence-corrected chi connectivity index (χ1v) is 7.98. The Morgan fingerprint density at radius 2 is 1.71 bits per heavy atom. The molecule has 0 spiro atoms. The molecular weight excluding hydrogens is 296 g/mol. The van der Waals surface area contributed by atoms with E-state index in [-0.39, 0.29) is 17.5 Å². The number of nitriles is 1. The summed E-state index contributed by atoms with van der Waals surface area (Å²) in [6.07, 6.45) is 1.68. The molecule has 24 heavy (non-hydrogen) atoms. The van der Waals surface area contributed by atoms with Gasteiger partial charge in [0, 0.05) is 0 Å². The molecule has 1 atom stereocenters. The van der Waals surface area contributed by atoms with E-state index in [0.717, 1.165) is 22.3 Å². The highest BCUT2D eigenvalue weighted by Crippen LogP contribution is 2.20. The second-order valence-corrected chi connectivity index (χ2v) is 6.09. The van der Waals surface area contributed by atoms with Crippen molar-refractivity contribution in [1.29, 1.82) is 5.26 Å². The first-order valence-electron chi connectivity index (χ1n) is 7.98. The van der Waals surface area contributed by atoms with Crippen molar-refractivity contribution in [3.63, 3.8) is 0 Å². The monoisotopic (exact) mass is 318 g/mol. The van der Waals surface area contributed by atoms with Crippen LogP contribution >= 0.6 is 0 Å². The number of aryl methyl sites for hydroxylation is 3. The van der Waals surface area contributed by atoms with Crippen molar-refractivity contribution in [3.8, 4) is 6.07 Å². The molecular formula is C21H22N2O. The highest BCUT2D eigenvalue weighted by atomic mass is 16.1. The van der Waals surface area contributed by atoms with Crippen LogP contribution in [0.1, 0.15) is 40.8 Å². The fourth-order valence-corrected chi connectivity index (χ4v) is 2.81. The van der Waals surface area contributed by atoms with Crippen molar-refractivity contribution in [2.24, 2.45) is 0 Å². The number of benzene rings is 2. The summed E-state index contributed by atoms with van der Waals surface area (Å²) in [6, 6.07) is 15.7. The molecule has 2 aromatic rings. The van der Waals surface area contributed by atoms with Crippen LogP contribution in [0.15, 0.2) is 48.0 Å². The van der Waals surface area contributed by atoms with Gasteiger partial charge in [0.25, 0.3) is 5.91 Å². The van der Waals surface area contributed by atoms with Crippen molar-refractivity contribution in [2.45, 2.75) is 33.7 Å². The molecule has 0 aliphatic carbocycles. The van der Waals surface area contributed by atoms with E-state index in [1.807, 2.05) is 64.1 Å². The van der Waals surface area contributed by atoms with Crippen LogP contribution in [0.4, 0.5) is 0 Å². The maximum absolute atomic E-state index is 12.5. The van der Waals surface area contributed by atoms with E-state index in [4.69, 9.17) is 0 Å². The SMILES string of the molecule is Cc1cc(C)c(/C=C(/C#N)C(=O)N[C@H](C)c2ccccc2)c(C)c1. The maximum atomic E-state index is 12.5. The predicted molar refractivity (Wildman–Crippen MR) is 97.2 cm³/mol. The quantitative estimate of drug-likeness (QED) is 0.671. The van der Waals surface area contributed by atoms with Gasteiger partial charge in [0.1, 0.15) is 11.6 Å². The second-order valence-electron chi connectivity index (χ2n) is 6.09. The van der Waals surface area contributed by atoms with Crippen molar-refractivity contribution in [1.82, 2.24) is 5.32 Å². The molecule has 0 saturated carbocycles. The van der Waals surface area contributed by atoms with E-state index in [9.17, 15) is 10.1 Å². The van der Waals surface area contributed by atoms with Crippen molar-refractivity contribution in [3.05, 3.63) is 75.9 Å². The summed E-state index contributed by atoms with van der Waals surface area (Å²) < 4.78 is 0. The molecule has 0 bridgehead atoms. The Kier molecular flexibility index (Phi) is 5.55. The van der Waals surface area contributed by atoms with Crippen LogP contribution in [0.3, 0.4) is 0 Å². The van der Waals surface area contributed by atoms with Gasteiger partial charge in [-0.3, -0.25) is 4.79 Å². The average Bonchev–Trinajstić information content (AvgIpc) is 2.54. The zero-order chi connectivity index (χ0) is 17.7. The van der Waals surface area contributed by atoms with Crippen molar-refractivity contribution >= 4 is 12.0 Å². The van der Waals surface area contributed by atoms with Crippen LogP contribution in [-0.2, 0) is 4.79 Å². The Balaban J connectivity index is 2.25. The topological polar surface area (TPSA) is 52.9 Å². The third-order valence-corrected chi connectivity index (χ3v) is 4.04. The summed E-state index contributed by atoms with van der Waals surface area (Å²) in [5.74, 6) is -0.353. The number of nitrogens with one attached hydrogen (secondary N) is 1. The van der Waals surface area contributed by atoms with Gasteiger partial charge < -0.3 is 5.32 Å². The Morgan fingerprint density at radius 1 is 1.12 bits per heavy atom. The summed E-state index contributed by atoms with van der Waals surface area (Å²) in [6.45, 7) is 7.92. The zero-order valence-corrected chi connectivity index (χ0v) is 14.6. The van der Waals surface area contributed by atoms with E-state index in [0.29, 0.717) is 0 Å². The molecule has 0 aromatic heterocycles. The maximum Gasteiger partial charge on any atom is 0.262 e. The first-order chi connectivity index (χ1) is 11.4. The molecule has 0 fully saturated rings. The highest BCUT2D eigenvalue weighted by molar-refractivity contribution is 6.02. The molecule has 0 radical (unpaired) electrons. The molecule has 3 heteroatoms. The van der Waals surface area contributed by atoms with Crippen molar-refractivity contribution < 1.29 is 4.79 Å². The minimum atomic E-state index is -0.353. The lowest BCUT2D eigenvalue weighted by Gasteiger charge is -2.14. The summed E-state index contributed by atoms with van der Waals surface area (Å²) >= 11 is 0. The lowest BCUT2D eigenvalue weighted by atomic mass is 9.97. The molecule has 0 saturated heterocycles.